The number of aromatic carboxylic acids is 2. The van der Waals surface area contributed by atoms with E-state index in [1.54, 1.807) is 98.0 Å². The third kappa shape index (κ3) is 20.0. The minimum Gasteiger partial charge on any atom is -0.478 e. The highest BCUT2D eigenvalue weighted by atomic mass is 16.6. The number of nitrogens with two attached hydrogens (primary N) is 4. The number of non-ortho nitro benzene ring substituents is 2. The Morgan fingerprint density at radius 3 is 1.24 bits per heavy atom. The monoisotopic (exact) mass is 1270 g/mol. The average molecular weight is 1270 g/mol. The summed E-state index contributed by atoms with van der Waals surface area (Å²) in [5.74, 6) is -2.09. The van der Waals surface area contributed by atoms with Crippen molar-refractivity contribution in [3.8, 4) is 0 Å². The van der Waals surface area contributed by atoms with Crippen LogP contribution in [0.15, 0.2) is 238 Å². The molecule has 0 saturated carbocycles. The number of fused-ring (bicyclic) bond motifs is 4. The maximum atomic E-state index is 12.4. The minimum atomic E-state index is -0.984. The van der Waals surface area contributed by atoms with Crippen molar-refractivity contribution in [2.45, 2.75) is 13.1 Å². The number of rotatable bonds is 13. The Morgan fingerprint density at radius 1 is 0.411 bits per heavy atom. The number of carbonyl (C=O) groups is 4. The molecule has 9 aromatic carbocycles. The molecule has 0 aliphatic heterocycles. The number of nitrogen functional groups attached to an aromatic ring is 4. The van der Waals surface area contributed by atoms with Crippen molar-refractivity contribution in [3.05, 3.63) is 291 Å². The van der Waals surface area contributed by atoms with E-state index in [4.69, 9.17) is 33.1 Å². The maximum Gasteiger partial charge on any atom is 0.335 e. The second-order valence-electron chi connectivity index (χ2n) is 19.9. The lowest BCUT2D eigenvalue weighted by Crippen LogP contribution is -2.13. The number of carboxylic acids is 2. The Bertz CT molecular complexity index is 4840. The number of benzene rings is 9. The molecule has 13 aromatic rings. The van der Waals surface area contributed by atoms with E-state index in [1.807, 2.05) is 78.9 Å². The molecule has 27 heteroatoms. The lowest BCUT2D eigenvalue weighted by atomic mass is 10.1. The number of nitro groups is 2. The summed E-state index contributed by atoms with van der Waals surface area (Å²) in [5, 5.41) is 47.4. The van der Waals surface area contributed by atoms with Crippen LogP contribution in [0.4, 0.5) is 51.2 Å². The molecule has 4 aromatic heterocycles. The van der Waals surface area contributed by atoms with Crippen LogP contribution in [-0.4, -0.2) is 84.1 Å². The third-order valence-electron chi connectivity index (χ3n) is 13.3. The van der Waals surface area contributed by atoms with E-state index in [0.717, 1.165) is 61.3 Å². The highest BCUT2D eigenvalue weighted by Gasteiger charge is 2.11. The standard InChI is InChI=1S/C22H19N5O.C16H13N3O2.C8H5N3O2.C8H7N3.C8H6O3.C6H7N3O2/c23-18-3-1-2-4-19(18)27-22(28)16-7-5-15(6-8-16)14-26-17-9-10-20-21(13-17)25-12-11-24-20;20-16(21)12-3-1-11(2-4-12)10-19-13-5-6-14-15(9-13)18-8-7-17-14;12-11(13)6-1-2-7-8(5-6)10-4-3-9-7;9-6-1-2-7-8(5-6)11-4-3-10-7;9-5-6-1-3-7(4-2-6)8(10)11;7-5-2-1-4(9(10)11)3-6(5)8/h1-13,26H,14,23H2,(H,27,28);1-9,19H,10H2,(H,20,21);1-5H;1-5H,9H2;1-5H,(H,10,11);1-3H,7-8H2. The van der Waals surface area contributed by atoms with Gasteiger partial charge in [0.2, 0.25) is 0 Å². The van der Waals surface area contributed by atoms with Crippen molar-refractivity contribution in [1.29, 1.82) is 0 Å². The van der Waals surface area contributed by atoms with Crippen LogP contribution in [0.2, 0.25) is 0 Å². The number of carboxylic acid groups (broad SMARTS) is 2. The lowest BCUT2D eigenvalue weighted by molar-refractivity contribution is -0.384. The fraction of sp³-hybridized carbons (Fsp3) is 0.0294. The van der Waals surface area contributed by atoms with Crippen LogP contribution < -0.4 is 38.9 Å². The number of nitro benzene ring substituents is 2. The number of para-hydroxylation sites is 2. The normalized spacial score (nSPS) is 10.1. The third-order valence-corrected chi connectivity index (χ3v) is 13.3. The molecule has 0 radical (unpaired) electrons. The number of anilines is 7. The molecule has 0 spiro atoms. The van der Waals surface area contributed by atoms with E-state index in [0.29, 0.717) is 64.2 Å². The number of carbonyl (C=O) groups excluding carboxylic acids is 2. The number of hydrogen-bond donors (Lipinski definition) is 9. The Labute approximate surface area is 539 Å². The van der Waals surface area contributed by atoms with Crippen LogP contribution in [0.3, 0.4) is 0 Å². The average Bonchev–Trinajstić information content (AvgIpc) is 1.28. The van der Waals surface area contributed by atoms with Gasteiger partial charge in [-0.15, -0.1) is 0 Å². The minimum absolute atomic E-state index is 0.0352. The van der Waals surface area contributed by atoms with Gasteiger partial charge in [-0.3, -0.25) is 69.7 Å². The van der Waals surface area contributed by atoms with E-state index in [9.17, 15) is 39.4 Å². The van der Waals surface area contributed by atoms with Gasteiger partial charge in [-0.2, -0.15) is 0 Å². The molecule has 0 aliphatic carbocycles. The van der Waals surface area contributed by atoms with Crippen LogP contribution in [0, 0.1) is 20.2 Å². The molecule has 0 bridgehead atoms. The van der Waals surface area contributed by atoms with Gasteiger partial charge in [-0.1, -0.05) is 48.5 Å². The largest absolute Gasteiger partial charge is 0.478 e. The molecule has 0 aliphatic rings. The molecule has 474 valence electrons. The number of nitrogens with one attached hydrogen (secondary N) is 3. The van der Waals surface area contributed by atoms with E-state index in [2.05, 4.69) is 55.8 Å². The van der Waals surface area contributed by atoms with Crippen LogP contribution >= 0.6 is 0 Å². The van der Waals surface area contributed by atoms with Gasteiger partial charge in [0, 0.05) is 115 Å². The highest BCUT2D eigenvalue weighted by Crippen LogP contribution is 2.23. The second kappa shape index (κ2) is 33.0. The number of amides is 1. The molecule has 0 fully saturated rings. The topological polar surface area (TPSA) is 438 Å². The van der Waals surface area contributed by atoms with Crippen LogP contribution in [-0.2, 0) is 13.1 Å². The van der Waals surface area contributed by atoms with Gasteiger partial charge in [-0.05, 0) is 126 Å². The Balaban J connectivity index is 0.000000153. The Hall–Kier alpha value is -14.0. The molecule has 0 saturated heterocycles. The summed E-state index contributed by atoms with van der Waals surface area (Å²) in [6.07, 6.45) is 13.7. The number of nitrogens with zero attached hydrogens (tertiary/aromatic N) is 10. The molecule has 1 amide bonds. The number of aromatic nitrogens is 8. The van der Waals surface area contributed by atoms with Gasteiger partial charge in [-0.25, -0.2) is 9.59 Å². The maximum absolute atomic E-state index is 12.4. The SMILES string of the molecule is Nc1ccc([N+](=O)[O-])cc1N.Nc1ccc2nccnc2c1.Nc1ccccc1NC(=O)c1ccc(CNc2ccc3nccnc3c2)cc1.O=C(O)c1ccc(CNc2ccc3nccnc3c2)cc1.O=Cc1ccc(C(=O)O)cc1.O=[N+]([O-])c1ccc2nccnc2c1. The van der Waals surface area contributed by atoms with Crippen molar-refractivity contribution in [2.24, 2.45) is 0 Å². The fourth-order valence-corrected chi connectivity index (χ4v) is 8.32. The smallest absolute Gasteiger partial charge is 0.335 e. The summed E-state index contributed by atoms with van der Waals surface area (Å²) < 4.78 is 0. The highest BCUT2D eigenvalue weighted by molar-refractivity contribution is 6.05. The van der Waals surface area contributed by atoms with Gasteiger partial charge in [0.25, 0.3) is 17.3 Å². The van der Waals surface area contributed by atoms with Gasteiger partial charge < -0.3 is 49.1 Å². The quantitative estimate of drug-likeness (QED) is 0.0224. The summed E-state index contributed by atoms with van der Waals surface area (Å²) in [6.45, 7) is 1.25. The summed E-state index contributed by atoms with van der Waals surface area (Å²) in [6, 6.07) is 52.7. The molecular formula is C68H57N17O10. The predicted octanol–water partition coefficient (Wildman–Crippen LogP) is 11.7. The first-order valence-corrected chi connectivity index (χ1v) is 28.2. The zero-order valence-electron chi connectivity index (χ0n) is 50.0. The van der Waals surface area contributed by atoms with Crippen molar-refractivity contribution in [1.82, 2.24) is 39.9 Å². The molecule has 13 rings (SSSR count). The summed E-state index contributed by atoms with van der Waals surface area (Å²) in [7, 11) is 0. The van der Waals surface area contributed by atoms with Crippen molar-refractivity contribution < 1.29 is 39.2 Å². The first-order chi connectivity index (χ1) is 45.9. The van der Waals surface area contributed by atoms with Crippen LogP contribution in [0.5, 0.6) is 0 Å². The molecule has 0 unspecified atom stereocenters. The Kier molecular flexibility index (Phi) is 23.3. The fourth-order valence-electron chi connectivity index (χ4n) is 8.32. The number of hydrogen-bond acceptors (Lipinski definition) is 22. The van der Waals surface area contributed by atoms with Crippen LogP contribution in [0.1, 0.15) is 52.6 Å². The van der Waals surface area contributed by atoms with Gasteiger partial charge in [0.05, 0.1) is 87.9 Å². The van der Waals surface area contributed by atoms with Crippen molar-refractivity contribution >= 4 is 119 Å². The van der Waals surface area contributed by atoms with E-state index < -0.39 is 21.8 Å². The van der Waals surface area contributed by atoms with Gasteiger partial charge >= 0.3 is 11.9 Å². The van der Waals surface area contributed by atoms with Crippen molar-refractivity contribution in [3.63, 3.8) is 0 Å². The zero-order valence-corrected chi connectivity index (χ0v) is 50.0. The molecule has 13 N–H and O–H groups in total. The molecule has 95 heavy (non-hydrogen) atoms. The van der Waals surface area contributed by atoms with E-state index in [-0.39, 0.29) is 28.5 Å². The lowest BCUT2D eigenvalue weighted by Gasteiger charge is -2.10. The van der Waals surface area contributed by atoms with Gasteiger partial charge in [0.1, 0.15) is 6.29 Å². The molecule has 4 heterocycles. The summed E-state index contributed by atoms with van der Waals surface area (Å²) in [5.41, 5.74) is 36.4. The predicted molar refractivity (Wildman–Crippen MR) is 363 cm³/mol. The van der Waals surface area contributed by atoms with Crippen molar-refractivity contribution in [2.75, 3.05) is 38.9 Å². The van der Waals surface area contributed by atoms with E-state index >= 15 is 0 Å². The summed E-state index contributed by atoms with van der Waals surface area (Å²) in [4.78, 5) is 96.5. The Morgan fingerprint density at radius 2 is 0.800 bits per heavy atom. The summed E-state index contributed by atoms with van der Waals surface area (Å²) >= 11 is 0. The zero-order chi connectivity index (χ0) is 67.6. The molecule has 0 atom stereocenters. The first kappa shape index (κ1) is 67.0. The van der Waals surface area contributed by atoms with Crippen LogP contribution in [0.25, 0.3) is 44.1 Å². The molecular weight excluding hydrogens is 1210 g/mol. The van der Waals surface area contributed by atoms with E-state index in [1.165, 1.54) is 60.8 Å². The number of aldehydes is 1. The second-order valence-corrected chi connectivity index (χ2v) is 19.9. The molecule has 27 nitrogen and oxygen atoms in total. The first-order valence-electron chi connectivity index (χ1n) is 28.2. The van der Waals surface area contributed by atoms with Gasteiger partial charge in [0.15, 0.2) is 0 Å².